The van der Waals surface area contributed by atoms with Crippen molar-refractivity contribution in [3.8, 4) is 0 Å². The van der Waals surface area contributed by atoms with Crippen LogP contribution in [-0.2, 0) is 4.79 Å². The average Bonchev–Trinajstić information content (AvgIpc) is 2.39. The zero-order chi connectivity index (χ0) is 14.7. The molecule has 0 saturated heterocycles. The summed E-state index contributed by atoms with van der Waals surface area (Å²) < 4.78 is 26.1. The summed E-state index contributed by atoms with van der Waals surface area (Å²) in [5.74, 6) is -2.74. The monoisotopic (exact) mass is 296 g/mol. The van der Waals surface area contributed by atoms with E-state index in [0.717, 1.165) is 12.1 Å². The number of benzene rings is 2. The molecule has 0 spiro atoms. The first kappa shape index (κ1) is 14.3. The summed E-state index contributed by atoms with van der Waals surface area (Å²) in [6.07, 6.45) is 0. The number of halogens is 3. The molecule has 20 heavy (non-hydrogen) atoms. The van der Waals surface area contributed by atoms with E-state index < -0.39 is 23.6 Å². The summed E-state index contributed by atoms with van der Waals surface area (Å²) in [5.41, 5.74) is 6.07. The first-order chi connectivity index (χ1) is 9.47. The Morgan fingerprint density at radius 1 is 1.15 bits per heavy atom. The van der Waals surface area contributed by atoms with Crippen LogP contribution in [0.2, 0.25) is 5.02 Å². The number of amides is 1. The zero-order valence-corrected chi connectivity index (χ0v) is 11.0. The molecule has 0 saturated carbocycles. The van der Waals surface area contributed by atoms with Crippen LogP contribution < -0.4 is 11.1 Å². The van der Waals surface area contributed by atoms with Gasteiger partial charge in [0.25, 0.3) is 0 Å². The van der Waals surface area contributed by atoms with Gasteiger partial charge in [-0.15, -0.1) is 0 Å². The van der Waals surface area contributed by atoms with E-state index in [-0.39, 0.29) is 5.56 Å². The van der Waals surface area contributed by atoms with Crippen molar-refractivity contribution in [2.24, 2.45) is 5.73 Å². The molecule has 0 radical (unpaired) electrons. The Morgan fingerprint density at radius 3 is 2.50 bits per heavy atom. The van der Waals surface area contributed by atoms with E-state index in [0.29, 0.717) is 10.7 Å². The van der Waals surface area contributed by atoms with Gasteiger partial charge in [-0.2, -0.15) is 0 Å². The number of anilines is 1. The number of carbonyl (C=O) groups is 1. The lowest BCUT2D eigenvalue weighted by atomic mass is 10.1. The number of nitrogens with one attached hydrogen (secondary N) is 1. The second kappa shape index (κ2) is 5.88. The van der Waals surface area contributed by atoms with Gasteiger partial charge in [0.1, 0.15) is 6.04 Å². The van der Waals surface area contributed by atoms with Gasteiger partial charge < -0.3 is 11.1 Å². The molecule has 104 valence electrons. The van der Waals surface area contributed by atoms with Crippen LogP contribution in [-0.4, -0.2) is 5.91 Å². The van der Waals surface area contributed by atoms with Gasteiger partial charge in [0.2, 0.25) is 5.91 Å². The van der Waals surface area contributed by atoms with Crippen LogP contribution in [0.3, 0.4) is 0 Å². The van der Waals surface area contributed by atoms with Crippen molar-refractivity contribution in [1.29, 1.82) is 0 Å². The van der Waals surface area contributed by atoms with Gasteiger partial charge in [-0.05, 0) is 35.9 Å². The predicted molar refractivity (Wildman–Crippen MR) is 73.4 cm³/mol. The van der Waals surface area contributed by atoms with Crippen molar-refractivity contribution in [3.05, 3.63) is 64.7 Å². The van der Waals surface area contributed by atoms with E-state index in [4.69, 9.17) is 17.3 Å². The minimum Gasteiger partial charge on any atom is -0.370 e. The fraction of sp³-hybridized carbons (Fsp3) is 0.0714. The van der Waals surface area contributed by atoms with Gasteiger partial charge in [-0.3, -0.25) is 4.79 Å². The lowest BCUT2D eigenvalue weighted by molar-refractivity contribution is -0.118. The van der Waals surface area contributed by atoms with Gasteiger partial charge in [-0.25, -0.2) is 8.78 Å². The molecule has 6 heteroatoms. The summed E-state index contributed by atoms with van der Waals surface area (Å²) in [4.78, 5) is 11.5. The second-order valence-corrected chi connectivity index (χ2v) is 4.60. The molecular formula is C14H11ClF2N2O. The summed E-state index contributed by atoms with van der Waals surface area (Å²) >= 11 is 5.83. The number of hydrogen-bond donors (Lipinski definition) is 2. The van der Waals surface area contributed by atoms with Crippen LogP contribution in [0, 0.1) is 11.6 Å². The van der Waals surface area contributed by atoms with Crippen LogP contribution in [0.25, 0.3) is 0 Å². The maximum absolute atomic E-state index is 13.2. The largest absolute Gasteiger partial charge is 0.370 e. The molecule has 0 aromatic heterocycles. The van der Waals surface area contributed by atoms with E-state index in [9.17, 15) is 13.6 Å². The van der Waals surface area contributed by atoms with Gasteiger partial charge in [0, 0.05) is 10.7 Å². The van der Waals surface area contributed by atoms with Crippen LogP contribution in [0.15, 0.2) is 42.5 Å². The third kappa shape index (κ3) is 3.24. The number of nitrogens with two attached hydrogens (primary N) is 1. The molecule has 3 N–H and O–H groups in total. The summed E-state index contributed by atoms with van der Waals surface area (Å²) in [6, 6.07) is 8.83. The van der Waals surface area contributed by atoms with E-state index >= 15 is 0 Å². The molecule has 1 atom stereocenters. The predicted octanol–water partition coefficient (Wildman–Crippen LogP) is 3.26. The molecule has 0 bridgehead atoms. The molecule has 0 heterocycles. The van der Waals surface area contributed by atoms with Crippen molar-refractivity contribution in [2.75, 3.05) is 5.32 Å². The van der Waals surface area contributed by atoms with Crippen molar-refractivity contribution in [2.45, 2.75) is 6.04 Å². The van der Waals surface area contributed by atoms with E-state index in [1.807, 2.05) is 0 Å². The third-order valence-electron chi connectivity index (χ3n) is 2.70. The van der Waals surface area contributed by atoms with Crippen molar-refractivity contribution < 1.29 is 13.6 Å². The van der Waals surface area contributed by atoms with E-state index in [1.54, 1.807) is 24.3 Å². The van der Waals surface area contributed by atoms with Gasteiger partial charge in [0.05, 0.1) is 0 Å². The summed E-state index contributed by atoms with van der Waals surface area (Å²) in [7, 11) is 0. The van der Waals surface area contributed by atoms with Crippen LogP contribution >= 0.6 is 11.6 Å². The number of carbonyl (C=O) groups excluding carboxylic acids is 1. The quantitative estimate of drug-likeness (QED) is 0.910. The Hall–Kier alpha value is -2.14. The van der Waals surface area contributed by atoms with E-state index in [2.05, 4.69) is 5.32 Å². The first-order valence-corrected chi connectivity index (χ1v) is 6.11. The van der Waals surface area contributed by atoms with Gasteiger partial charge in [-0.1, -0.05) is 23.7 Å². The Kier molecular flexibility index (Phi) is 4.20. The van der Waals surface area contributed by atoms with Crippen LogP contribution in [0.4, 0.5) is 14.5 Å². The van der Waals surface area contributed by atoms with Crippen LogP contribution in [0.5, 0.6) is 0 Å². The second-order valence-electron chi connectivity index (χ2n) is 4.16. The molecule has 3 nitrogen and oxygen atoms in total. The fourth-order valence-corrected chi connectivity index (χ4v) is 1.95. The number of hydrogen-bond acceptors (Lipinski definition) is 2. The first-order valence-electron chi connectivity index (χ1n) is 5.74. The molecule has 1 amide bonds. The fourth-order valence-electron chi connectivity index (χ4n) is 1.76. The highest BCUT2D eigenvalue weighted by atomic mass is 35.5. The zero-order valence-electron chi connectivity index (χ0n) is 10.2. The molecule has 2 aromatic rings. The minimum absolute atomic E-state index is 0.233. The van der Waals surface area contributed by atoms with Crippen molar-refractivity contribution in [1.82, 2.24) is 0 Å². The topological polar surface area (TPSA) is 55.1 Å². The maximum Gasteiger partial charge on any atom is 0.244 e. The standard InChI is InChI=1S/C14H11ClF2N2O/c15-9-2-1-3-10(7-9)19-13(14(18)20)8-4-5-11(16)12(17)6-8/h1-7,13,19H,(H2,18,20). The molecule has 0 aliphatic heterocycles. The lowest BCUT2D eigenvalue weighted by Gasteiger charge is -2.17. The smallest absolute Gasteiger partial charge is 0.244 e. The highest BCUT2D eigenvalue weighted by Gasteiger charge is 2.19. The SMILES string of the molecule is NC(=O)C(Nc1cccc(Cl)c1)c1ccc(F)c(F)c1. The Morgan fingerprint density at radius 2 is 1.90 bits per heavy atom. The molecule has 0 aliphatic carbocycles. The molecule has 1 unspecified atom stereocenters. The average molecular weight is 297 g/mol. The number of rotatable bonds is 4. The van der Waals surface area contributed by atoms with Gasteiger partial charge >= 0.3 is 0 Å². The highest BCUT2D eigenvalue weighted by molar-refractivity contribution is 6.30. The molecule has 0 aliphatic rings. The Balaban J connectivity index is 2.32. The molecule has 2 aromatic carbocycles. The van der Waals surface area contributed by atoms with Crippen molar-refractivity contribution in [3.63, 3.8) is 0 Å². The van der Waals surface area contributed by atoms with Crippen molar-refractivity contribution >= 4 is 23.2 Å². The Labute approximate surface area is 119 Å². The molecule has 0 fully saturated rings. The normalized spacial score (nSPS) is 11.9. The van der Waals surface area contributed by atoms with Gasteiger partial charge in [0.15, 0.2) is 11.6 Å². The Bertz CT molecular complexity index is 649. The van der Waals surface area contributed by atoms with Crippen LogP contribution in [0.1, 0.15) is 11.6 Å². The summed E-state index contributed by atoms with van der Waals surface area (Å²) in [6.45, 7) is 0. The third-order valence-corrected chi connectivity index (χ3v) is 2.93. The van der Waals surface area contributed by atoms with E-state index in [1.165, 1.54) is 6.07 Å². The summed E-state index contributed by atoms with van der Waals surface area (Å²) in [5, 5.41) is 3.31. The number of primary amides is 1. The lowest BCUT2D eigenvalue weighted by Crippen LogP contribution is -2.27. The minimum atomic E-state index is -1.04. The highest BCUT2D eigenvalue weighted by Crippen LogP contribution is 2.23. The maximum atomic E-state index is 13.2. The molecule has 2 rings (SSSR count). The molecular weight excluding hydrogens is 286 g/mol.